The van der Waals surface area contributed by atoms with Crippen LogP contribution in [0.1, 0.15) is 16.7 Å². The van der Waals surface area contributed by atoms with Crippen molar-refractivity contribution in [2.45, 2.75) is 20.8 Å². The topological polar surface area (TPSA) is 0 Å². The van der Waals surface area contributed by atoms with Crippen LogP contribution in [0.3, 0.4) is 0 Å². The summed E-state index contributed by atoms with van der Waals surface area (Å²) < 4.78 is 0. The van der Waals surface area contributed by atoms with Crippen LogP contribution in [0.15, 0.2) is 72.8 Å². The van der Waals surface area contributed by atoms with Gasteiger partial charge in [0.1, 0.15) is 0 Å². The zero-order valence-corrected chi connectivity index (χ0v) is 14.3. The molecule has 0 radical (unpaired) electrons. The maximum Gasteiger partial charge on any atom is -0.0122 e. The van der Waals surface area contributed by atoms with Crippen molar-refractivity contribution in [3.63, 3.8) is 0 Å². The first kappa shape index (κ1) is 15.0. The Labute approximate surface area is 134 Å². The average molecular weight is 304 g/mol. The molecule has 0 saturated carbocycles. The highest BCUT2D eigenvalue weighted by molar-refractivity contribution is 7.79. The molecule has 0 aliphatic rings. The van der Waals surface area contributed by atoms with E-state index in [1.54, 1.807) is 0 Å². The Morgan fingerprint density at radius 1 is 0.545 bits per heavy atom. The lowest BCUT2D eigenvalue weighted by atomic mass is 10.2. The summed E-state index contributed by atoms with van der Waals surface area (Å²) in [6, 6.07) is 26.8. The van der Waals surface area contributed by atoms with Gasteiger partial charge in [-0.2, -0.15) is 0 Å². The lowest BCUT2D eigenvalue weighted by Gasteiger charge is -2.21. The molecule has 0 amide bonds. The third kappa shape index (κ3) is 3.13. The number of rotatable bonds is 3. The molecule has 0 bridgehead atoms. The zero-order chi connectivity index (χ0) is 15.5. The summed E-state index contributed by atoms with van der Waals surface area (Å²) in [4.78, 5) is 0. The van der Waals surface area contributed by atoms with Gasteiger partial charge in [-0.1, -0.05) is 83.9 Å². The van der Waals surface area contributed by atoms with Crippen LogP contribution in [-0.2, 0) is 0 Å². The third-order valence-corrected chi connectivity index (χ3v) is 6.55. The van der Waals surface area contributed by atoms with E-state index in [9.17, 15) is 0 Å². The Bertz CT molecular complexity index is 709. The third-order valence-electron chi connectivity index (χ3n) is 3.94. The van der Waals surface area contributed by atoms with Crippen molar-refractivity contribution in [2.24, 2.45) is 0 Å². The van der Waals surface area contributed by atoms with Gasteiger partial charge in [-0.15, -0.1) is 0 Å². The summed E-state index contributed by atoms with van der Waals surface area (Å²) in [6.07, 6.45) is 0. The van der Waals surface area contributed by atoms with E-state index in [4.69, 9.17) is 0 Å². The van der Waals surface area contributed by atoms with Gasteiger partial charge in [0, 0.05) is 0 Å². The van der Waals surface area contributed by atoms with E-state index in [-0.39, 0.29) is 0 Å². The first-order valence-electron chi connectivity index (χ1n) is 7.64. The first-order chi connectivity index (χ1) is 10.6. The molecule has 3 aromatic carbocycles. The molecular formula is C21H21P. The smallest absolute Gasteiger partial charge is 0.0122 e. The van der Waals surface area contributed by atoms with E-state index in [0.29, 0.717) is 0 Å². The lowest BCUT2D eigenvalue weighted by molar-refractivity contribution is 1.48. The predicted octanol–water partition coefficient (Wildman–Crippen LogP) is 4.37. The van der Waals surface area contributed by atoms with Gasteiger partial charge in [0.15, 0.2) is 0 Å². The standard InChI is InChI=1S/C21H21P/c1-16-8-12-19(13-9-16)22(20-14-10-17(2)11-15-20)21-7-5-4-6-18(21)3/h4-15H,1-3H3. The number of benzene rings is 3. The molecule has 0 nitrogen and oxygen atoms in total. The molecule has 0 unspecified atom stereocenters. The number of hydrogen-bond donors (Lipinski definition) is 0. The van der Waals surface area contributed by atoms with Crippen LogP contribution in [0.4, 0.5) is 0 Å². The second-order valence-electron chi connectivity index (χ2n) is 5.79. The van der Waals surface area contributed by atoms with Gasteiger partial charge in [0.05, 0.1) is 0 Å². The van der Waals surface area contributed by atoms with E-state index in [1.807, 2.05) is 0 Å². The minimum absolute atomic E-state index is 0.492. The summed E-state index contributed by atoms with van der Waals surface area (Å²) in [7, 11) is -0.492. The van der Waals surface area contributed by atoms with Gasteiger partial charge >= 0.3 is 0 Å². The van der Waals surface area contributed by atoms with E-state index < -0.39 is 7.92 Å². The fourth-order valence-electron chi connectivity index (χ4n) is 2.63. The molecule has 110 valence electrons. The molecule has 3 aromatic rings. The normalized spacial score (nSPS) is 10.9. The van der Waals surface area contributed by atoms with E-state index in [0.717, 1.165) is 0 Å². The molecule has 0 atom stereocenters. The van der Waals surface area contributed by atoms with Crippen LogP contribution >= 0.6 is 7.92 Å². The summed E-state index contributed by atoms with van der Waals surface area (Å²) in [5, 5.41) is 4.28. The molecule has 0 fully saturated rings. The van der Waals surface area contributed by atoms with Gasteiger partial charge in [-0.05, 0) is 50.2 Å². The molecule has 0 aromatic heterocycles. The summed E-state index contributed by atoms with van der Waals surface area (Å²) >= 11 is 0. The maximum atomic E-state index is 2.29. The van der Waals surface area contributed by atoms with Gasteiger partial charge in [-0.25, -0.2) is 0 Å². The van der Waals surface area contributed by atoms with Crippen LogP contribution in [0.25, 0.3) is 0 Å². The Hall–Kier alpha value is -1.91. The fraction of sp³-hybridized carbons (Fsp3) is 0.143. The van der Waals surface area contributed by atoms with Crippen molar-refractivity contribution >= 4 is 23.8 Å². The minimum Gasteiger partial charge on any atom is -0.0620 e. The first-order valence-corrected chi connectivity index (χ1v) is 8.98. The highest BCUT2D eigenvalue weighted by Crippen LogP contribution is 2.34. The molecule has 0 aliphatic heterocycles. The Morgan fingerprint density at radius 3 is 1.45 bits per heavy atom. The molecule has 1 heteroatoms. The molecule has 0 heterocycles. The second-order valence-corrected chi connectivity index (χ2v) is 7.98. The minimum atomic E-state index is -0.492. The molecule has 0 saturated heterocycles. The van der Waals surface area contributed by atoms with E-state index in [2.05, 4.69) is 93.6 Å². The summed E-state index contributed by atoms with van der Waals surface area (Å²) in [5.74, 6) is 0. The Morgan fingerprint density at radius 2 is 1.00 bits per heavy atom. The molecule has 22 heavy (non-hydrogen) atoms. The number of hydrogen-bond acceptors (Lipinski definition) is 0. The van der Waals surface area contributed by atoms with Crippen LogP contribution in [0, 0.1) is 20.8 Å². The van der Waals surface area contributed by atoms with Crippen molar-refractivity contribution in [3.8, 4) is 0 Å². The second kappa shape index (κ2) is 6.46. The quantitative estimate of drug-likeness (QED) is 0.630. The van der Waals surface area contributed by atoms with Crippen molar-refractivity contribution in [1.82, 2.24) is 0 Å². The van der Waals surface area contributed by atoms with E-state index >= 15 is 0 Å². The zero-order valence-electron chi connectivity index (χ0n) is 13.4. The van der Waals surface area contributed by atoms with Crippen molar-refractivity contribution in [3.05, 3.63) is 89.5 Å². The van der Waals surface area contributed by atoms with Crippen LogP contribution < -0.4 is 15.9 Å². The highest BCUT2D eigenvalue weighted by atomic mass is 31.1. The average Bonchev–Trinajstić information content (AvgIpc) is 2.53. The molecule has 3 rings (SSSR count). The lowest BCUT2D eigenvalue weighted by Crippen LogP contribution is -2.22. The predicted molar refractivity (Wildman–Crippen MR) is 99.4 cm³/mol. The molecule has 0 aliphatic carbocycles. The largest absolute Gasteiger partial charge is 0.0620 e. The molecular weight excluding hydrogens is 283 g/mol. The Balaban J connectivity index is 2.16. The maximum absolute atomic E-state index is 2.29. The van der Waals surface area contributed by atoms with Crippen molar-refractivity contribution in [1.29, 1.82) is 0 Å². The summed E-state index contributed by atoms with van der Waals surface area (Å²) in [6.45, 7) is 6.50. The van der Waals surface area contributed by atoms with Crippen LogP contribution in [0.5, 0.6) is 0 Å². The van der Waals surface area contributed by atoms with Gasteiger partial charge < -0.3 is 0 Å². The van der Waals surface area contributed by atoms with Gasteiger partial charge in [0.25, 0.3) is 0 Å². The van der Waals surface area contributed by atoms with E-state index in [1.165, 1.54) is 32.6 Å². The highest BCUT2D eigenvalue weighted by Gasteiger charge is 2.17. The molecule has 0 N–H and O–H groups in total. The van der Waals surface area contributed by atoms with Crippen LogP contribution in [0.2, 0.25) is 0 Å². The van der Waals surface area contributed by atoms with Crippen LogP contribution in [-0.4, -0.2) is 0 Å². The SMILES string of the molecule is Cc1ccc(P(c2ccc(C)cc2)c2ccccc2C)cc1. The summed E-state index contributed by atoms with van der Waals surface area (Å²) in [5.41, 5.74) is 3.99. The Kier molecular flexibility index (Phi) is 4.41. The van der Waals surface area contributed by atoms with Crippen molar-refractivity contribution in [2.75, 3.05) is 0 Å². The fourth-order valence-corrected chi connectivity index (χ4v) is 5.04. The number of aryl methyl sites for hydroxylation is 3. The van der Waals surface area contributed by atoms with Gasteiger partial charge in [0.2, 0.25) is 0 Å². The monoisotopic (exact) mass is 304 g/mol. The van der Waals surface area contributed by atoms with Crippen molar-refractivity contribution < 1.29 is 0 Å². The molecule has 0 spiro atoms. The van der Waals surface area contributed by atoms with Gasteiger partial charge in [-0.3, -0.25) is 0 Å².